The predicted octanol–water partition coefficient (Wildman–Crippen LogP) is 3.29. The van der Waals surface area contributed by atoms with Gasteiger partial charge in [0.1, 0.15) is 12.4 Å². The van der Waals surface area contributed by atoms with Crippen molar-refractivity contribution in [1.82, 2.24) is 4.90 Å². The van der Waals surface area contributed by atoms with Crippen molar-refractivity contribution < 1.29 is 13.9 Å². The van der Waals surface area contributed by atoms with Gasteiger partial charge in [-0.05, 0) is 61.3 Å². The number of carbonyl (C=O) groups is 1. The maximum absolute atomic E-state index is 13.3. The first kappa shape index (κ1) is 19.9. The number of amides is 1. The third kappa shape index (κ3) is 4.43. The Hall–Kier alpha value is -2.44. The van der Waals surface area contributed by atoms with E-state index in [-0.39, 0.29) is 23.9 Å². The molecule has 6 heteroatoms. The Balaban J connectivity index is 1.46. The minimum absolute atomic E-state index is 0.0707. The first-order chi connectivity index (χ1) is 13.9. The second-order valence-electron chi connectivity index (χ2n) is 8.30. The third-order valence-corrected chi connectivity index (χ3v) is 5.86. The van der Waals surface area contributed by atoms with Crippen LogP contribution < -0.4 is 9.80 Å². The van der Waals surface area contributed by atoms with E-state index in [9.17, 15) is 9.18 Å². The zero-order valence-corrected chi connectivity index (χ0v) is 17.1. The number of likely N-dealkylation sites (tertiary alicyclic amines) is 1. The number of nitrogens with zero attached hydrogens (tertiary/aromatic N) is 3. The van der Waals surface area contributed by atoms with Crippen LogP contribution in [-0.4, -0.2) is 56.7 Å². The number of hydrogen-bond donors (Lipinski definition) is 0. The average Bonchev–Trinajstić information content (AvgIpc) is 2.71. The quantitative estimate of drug-likeness (QED) is 0.793. The molecule has 0 radical (unpaired) electrons. The topological polar surface area (TPSA) is 36.0 Å². The summed E-state index contributed by atoms with van der Waals surface area (Å²) in [6, 6.07) is 14.8. The highest BCUT2D eigenvalue weighted by molar-refractivity contribution is 5.95. The van der Waals surface area contributed by atoms with E-state index >= 15 is 0 Å². The summed E-state index contributed by atoms with van der Waals surface area (Å²) >= 11 is 0. The lowest BCUT2D eigenvalue weighted by Gasteiger charge is -2.47. The van der Waals surface area contributed by atoms with Gasteiger partial charge in [-0.15, -0.1) is 0 Å². The number of rotatable bonds is 4. The maximum atomic E-state index is 13.3. The van der Waals surface area contributed by atoms with Crippen molar-refractivity contribution in [3.63, 3.8) is 0 Å². The average molecular weight is 397 g/mol. The molecule has 2 aromatic carbocycles. The van der Waals surface area contributed by atoms with E-state index in [1.54, 1.807) is 17.0 Å². The highest BCUT2D eigenvalue weighted by atomic mass is 19.1. The molecule has 1 amide bonds. The van der Waals surface area contributed by atoms with Crippen LogP contribution in [-0.2, 0) is 16.1 Å². The molecule has 2 aromatic rings. The summed E-state index contributed by atoms with van der Waals surface area (Å²) in [7, 11) is 4.08. The summed E-state index contributed by atoms with van der Waals surface area (Å²) < 4.78 is 19.4. The molecular weight excluding hydrogens is 369 g/mol. The molecule has 2 aliphatic heterocycles. The van der Waals surface area contributed by atoms with Crippen molar-refractivity contribution in [3.05, 3.63) is 59.9 Å². The van der Waals surface area contributed by atoms with E-state index in [4.69, 9.17) is 4.74 Å². The molecule has 2 heterocycles. The Kier molecular flexibility index (Phi) is 5.56. The lowest BCUT2D eigenvalue weighted by atomic mass is 9.90. The van der Waals surface area contributed by atoms with Gasteiger partial charge < -0.3 is 14.5 Å². The molecule has 1 spiro atoms. The second-order valence-corrected chi connectivity index (χ2v) is 8.30. The molecular formula is C23H28FN3O2. The lowest BCUT2D eigenvalue weighted by Crippen LogP contribution is -2.61. The highest BCUT2D eigenvalue weighted by Crippen LogP contribution is 2.32. The fourth-order valence-electron chi connectivity index (χ4n) is 4.30. The smallest absolute Gasteiger partial charge is 0.253 e. The van der Waals surface area contributed by atoms with Crippen molar-refractivity contribution in [1.29, 1.82) is 0 Å². The van der Waals surface area contributed by atoms with Crippen LogP contribution >= 0.6 is 0 Å². The van der Waals surface area contributed by atoms with Crippen LogP contribution in [0.3, 0.4) is 0 Å². The zero-order chi connectivity index (χ0) is 20.4. The van der Waals surface area contributed by atoms with Gasteiger partial charge in [0.25, 0.3) is 5.91 Å². The Morgan fingerprint density at radius 2 is 1.79 bits per heavy atom. The van der Waals surface area contributed by atoms with Gasteiger partial charge in [0.15, 0.2) is 0 Å². The van der Waals surface area contributed by atoms with Crippen LogP contribution in [0.1, 0.15) is 18.4 Å². The number of morpholine rings is 1. The number of ether oxygens (including phenoxy) is 1. The van der Waals surface area contributed by atoms with Crippen molar-refractivity contribution in [2.24, 2.45) is 0 Å². The van der Waals surface area contributed by atoms with Crippen molar-refractivity contribution >= 4 is 17.3 Å². The van der Waals surface area contributed by atoms with E-state index in [0.29, 0.717) is 6.54 Å². The van der Waals surface area contributed by atoms with Gasteiger partial charge in [-0.25, -0.2) is 4.39 Å². The van der Waals surface area contributed by atoms with Gasteiger partial charge >= 0.3 is 0 Å². The molecule has 2 fully saturated rings. The van der Waals surface area contributed by atoms with Gasteiger partial charge in [0.05, 0.1) is 12.1 Å². The van der Waals surface area contributed by atoms with Gasteiger partial charge in [-0.3, -0.25) is 9.69 Å². The summed E-state index contributed by atoms with van der Waals surface area (Å²) in [6.45, 7) is 3.25. The van der Waals surface area contributed by atoms with Gasteiger partial charge in [-0.2, -0.15) is 0 Å². The summed E-state index contributed by atoms with van der Waals surface area (Å²) in [6.07, 6.45) is 1.95. The number of carbonyl (C=O) groups excluding carboxylic acids is 1. The summed E-state index contributed by atoms with van der Waals surface area (Å²) in [5, 5.41) is 0. The minimum atomic E-state index is -0.371. The molecule has 0 N–H and O–H groups in total. The molecule has 4 rings (SSSR count). The van der Waals surface area contributed by atoms with Gasteiger partial charge in [-0.1, -0.05) is 12.1 Å². The molecule has 0 aromatic heterocycles. The standard InChI is InChI=1S/C23H28FN3O2/c1-25(2)20-8-4-18(5-9-20)14-26-13-3-12-23(16-26)17-27(22(28)15-29-23)21-10-6-19(24)7-11-21/h4-11H,3,12-17H2,1-2H3. The van der Waals surface area contributed by atoms with E-state index in [1.165, 1.54) is 23.4 Å². The van der Waals surface area contributed by atoms with Crippen molar-refractivity contribution in [3.8, 4) is 0 Å². The number of piperidine rings is 1. The molecule has 2 aliphatic rings. The number of anilines is 2. The third-order valence-electron chi connectivity index (χ3n) is 5.86. The van der Waals surface area contributed by atoms with Gasteiger partial charge in [0.2, 0.25) is 0 Å². The first-order valence-corrected chi connectivity index (χ1v) is 10.1. The van der Waals surface area contributed by atoms with Crippen molar-refractivity contribution in [2.45, 2.75) is 25.0 Å². The Morgan fingerprint density at radius 1 is 1.07 bits per heavy atom. The molecule has 1 atom stereocenters. The normalized spacial score (nSPS) is 22.9. The molecule has 1 unspecified atom stereocenters. The summed E-state index contributed by atoms with van der Waals surface area (Å²) in [5.41, 5.74) is 2.82. The Labute approximate surface area is 171 Å². The monoisotopic (exact) mass is 397 g/mol. The number of benzene rings is 2. The molecule has 0 bridgehead atoms. The van der Waals surface area contributed by atoms with Crippen LogP contribution in [0.5, 0.6) is 0 Å². The lowest BCUT2D eigenvalue weighted by molar-refractivity contribution is -0.146. The van der Waals surface area contributed by atoms with E-state index < -0.39 is 0 Å². The predicted molar refractivity (Wildman–Crippen MR) is 113 cm³/mol. The van der Waals surface area contributed by atoms with Crippen LogP contribution in [0.25, 0.3) is 0 Å². The minimum Gasteiger partial charge on any atom is -0.378 e. The van der Waals surface area contributed by atoms with Crippen LogP contribution in [0.2, 0.25) is 0 Å². The van der Waals surface area contributed by atoms with Crippen LogP contribution in [0, 0.1) is 5.82 Å². The van der Waals surface area contributed by atoms with Gasteiger partial charge in [0, 0.05) is 38.6 Å². The number of hydrogen-bond acceptors (Lipinski definition) is 4. The Bertz CT molecular complexity index is 853. The highest BCUT2D eigenvalue weighted by Gasteiger charge is 2.43. The van der Waals surface area contributed by atoms with Crippen molar-refractivity contribution in [2.75, 3.05) is 50.1 Å². The summed E-state index contributed by atoms with van der Waals surface area (Å²) in [4.78, 5) is 18.7. The van der Waals surface area contributed by atoms with Crippen LogP contribution in [0.15, 0.2) is 48.5 Å². The zero-order valence-electron chi connectivity index (χ0n) is 17.1. The van der Waals surface area contributed by atoms with Crippen LogP contribution in [0.4, 0.5) is 15.8 Å². The summed E-state index contributed by atoms with van der Waals surface area (Å²) in [5.74, 6) is -0.369. The second kappa shape index (κ2) is 8.13. The Morgan fingerprint density at radius 3 is 2.48 bits per heavy atom. The number of halogens is 1. The van der Waals surface area contributed by atoms with E-state index in [0.717, 1.165) is 38.2 Å². The SMILES string of the molecule is CN(C)c1ccc(CN2CCCC3(C2)CN(c2ccc(F)cc2)C(=O)CO3)cc1. The fourth-order valence-corrected chi connectivity index (χ4v) is 4.30. The molecule has 29 heavy (non-hydrogen) atoms. The molecule has 0 aliphatic carbocycles. The largest absolute Gasteiger partial charge is 0.378 e. The van der Waals surface area contributed by atoms with E-state index in [2.05, 4.69) is 34.1 Å². The molecule has 154 valence electrons. The van der Waals surface area contributed by atoms with E-state index in [1.807, 2.05) is 14.1 Å². The molecule has 0 saturated carbocycles. The maximum Gasteiger partial charge on any atom is 0.253 e. The molecule has 5 nitrogen and oxygen atoms in total. The fraction of sp³-hybridized carbons (Fsp3) is 0.435. The molecule has 2 saturated heterocycles. The first-order valence-electron chi connectivity index (χ1n) is 10.1.